The number of benzene rings is 1. The van der Waals surface area contributed by atoms with Crippen LogP contribution in [0.5, 0.6) is 0 Å². The van der Waals surface area contributed by atoms with E-state index in [4.69, 9.17) is 4.74 Å². The summed E-state index contributed by atoms with van der Waals surface area (Å²) < 4.78 is 31.9. The molecule has 1 saturated heterocycles. The first-order valence-corrected chi connectivity index (χ1v) is 6.80. The standard InChI is InChI=1S/C15H21F2NO2/c1-10-7-18(9-15(2,3)20-10)8-14(19)11-4-5-12(16)13(17)6-11/h4-6,10,14,19H,7-9H2,1-3H3/t10-,14+/m0/s1. The zero-order valence-corrected chi connectivity index (χ0v) is 12.1. The summed E-state index contributed by atoms with van der Waals surface area (Å²) in [6.07, 6.45) is -0.762. The third-order valence-electron chi connectivity index (χ3n) is 3.40. The topological polar surface area (TPSA) is 32.7 Å². The van der Waals surface area contributed by atoms with Gasteiger partial charge in [-0.3, -0.25) is 4.90 Å². The van der Waals surface area contributed by atoms with Crippen LogP contribution in [0.25, 0.3) is 0 Å². The number of rotatable bonds is 3. The van der Waals surface area contributed by atoms with Gasteiger partial charge in [-0.25, -0.2) is 8.78 Å². The molecule has 1 N–H and O–H groups in total. The third-order valence-corrected chi connectivity index (χ3v) is 3.40. The molecule has 1 heterocycles. The van der Waals surface area contributed by atoms with Gasteiger partial charge in [0.05, 0.1) is 17.8 Å². The van der Waals surface area contributed by atoms with Crippen LogP contribution < -0.4 is 0 Å². The lowest BCUT2D eigenvalue weighted by molar-refractivity contribution is -0.133. The second-order valence-corrected chi connectivity index (χ2v) is 6.07. The maximum atomic E-state index is 13.2. The van der Waals surface area contributed by atoms with Gasteiger partial charge in [0, 0.05) is 19.6 Å². The van der Waals surface area contributed by atoms with E-state index in [0.717, 1.165) is 12.1 Å². The van der Waals surface area contributed by atoms with Crippen molar-refractivity contribution in [3.8, 4) is 0 Å². The molecule has 5 heteroatoms. The molecule has 0 unspecified atom stereocenters. The van der Waals surface area contributed by atoms with Gasteiger partial charge in [-0.1, -0.05) is 6.07 Å². The van der Waals surface area contributed by atoms with Gasteiger partial charge in [0.15, 0.2) is 11.6 Å². The Morgan fingerprint density at radius 3 is 2.70 bits per heavy atom. The molecule has 0 radical (unpaired) electrons. The van der Waals surface area contributed by atoms with Crippen molar-refractivity contribution < 1.29 is 18.6 Å². The van der Waals surface area contributed by atoms with Crippen molar-refractivity contribution in [2.24, 2.45) is 0 Å². The highest BCUT2D eigenvalue weighted by molar-refractivity contribution is 5.20. The number of ether oxygens (including phenoxy) is 1. The van der Waals surface area contributed by atoms with Crippen LogP contribution in [0.15, 0.2) is 18.2 Å². The second kappa shape index (κ2) is 5.76. The molecule has 0 bridgehead atoms. The van der Waals surface area contributed by atoms with E-state index in [0.29, 0.717) is 25.2 Å². The first-order valence-electron chi connectivity index (χ1n) is 6.80. The van der Waals surface area contributed by atoms with Gasteiger partial charge < -0.3 is 9.84 Å². The lowest BCUT2D eigenvalue weighted by Crippen LogP contribution is -2.52. The van der Waals surface area contributed by atoms with Crippen LogP contribution in [0, 0.1) is 11.6 Å². The fourth-order valence-corrected chi connectivity index (χ4v) is 2.79. The third kappa shape index (κ3) is 3.75. The molecular formula is C15H21F2NO2. The average molecular weight is 285 g/mol. The summed E-state index contributed by atoms with van der Waals surface area (Å²) in [6, 6.07) is 3.51. The molecule has 112 valence electrons. The molecule has 1 fully saturated rings. The van der Waals surface area contributed by atoms with E-state index in [1.807, 2.05) is 20.8 Å². The van der Waals surface area contributed by atoms with E-state index in [9.17, 15) is 13.9 Å². The van der Waals surface area contributed by atoms with E-state index in [-0.39, 0.29) is 11.7 Å². The molecule has 0 aliphatic carbocycles. The molecule has 1 aromatic rings. The van der Waals surface area contributed by atoms with Gasteiger partial charge in [-0.15, -0.1) is 0 Å². The first kappa shape index (κ1) is 15.4. The fourth-order valence-electron chi connectivity index (χ4n) is 2.79. The van der Waals surface area contributed by atoms with E-state index in [1.54, 1.807) is 0 Å². The van der Waals surface area contributed by atoms with Crippen LogP contribution in [-0.4, -0.2) is 41.3 Å². The Bertz CT molecular complexity index is 479. The van der Waals surface area contributed by atoms with E-state index in [2.05, 4.69) is 4.90 Å². The fraction of sp³-hybridized carbons (Fsp3) is 0.600. The monoisotopic (exact) mass is 285 g/mol. The zero-order chi connectivity index (χ0) is 14.9. The molecule has 2 rings (SSSR count). The number of aliphatic hydroxyl groups is 1. The molecule has 2 atom stereocenters. The van der Waals surface area contributed by atoms with Crippen LogP contribution in [0.4, 0.5) is 8.78 Å². The van der Waals surface area contributed by atoms with E-state index in [1.165, 1.54) is 6.07 Å². The van der Waals surface area contributed by atoms with E-state index < -0.39 is 17.7 Å². The average Bonchev–Trinajstić information content (AvgIpc) is 2.29. The second-order valence-electron chi connectivity index (χ2n) is 6.07. The Morgan fingerprint density at radius 1 is 1.40 bits per heavy atom. The summed E-state index contributed by atoms with van der Waals surface area (Å²) in [4.78, 5) is 2.08. The number of β-amino-alcohol motifs (C(OH)–C–C–N with tert-alkyl or cyclic N) is 1. The largest absolute Gasteiger partial charge is 0.387 e. The molecule has 3 nitrogen and oxygen atoms in total. The Hall–Kier alpha value is -1.04. The Morgan fingerprint density at radius 2 is 2.10 bits per heavy atom. The molecule has 1 aliphatic heterocycles. The minimum atomic E-state index is -0.933. The number of morpholine rings is 1. The van der Waals surface area contributed by atoms with Crippen molar-refractivity contribution in [2.75, 3.05) is 19.6 Å². The summed E-state index contributed by atoms with van der Waals surface area (Å²) >= 11 is 0. The lowest BCUT2D eigenvalue weighted by Gasteiger charge is -2.42. The molecule has 20 heavy (non-hydrogen) atoms. The van der Waals surface area contributed by atoms with Crippen LogP contribution in [0.2, 0.25) is 0 Å². The highest BCUT2D eigenvalue weighted by Crippen LogP contribution is 2.24. The molecule has 0 spiro atoms. The summed E-state index contributed by atoms with van der Waals surface area (Å²) in [5.41, 5.74) is 0.117. The zero-order valence-electron chi connectivity index (χ0n) is 12.1. The van der Waals surface area contributed by atoms with Gasteiger partial charge in [-0.05, 0) is 38.5 Å². The van der Waals surface area contributed by atoms with Gasteiger partial charge >= 0.3 is 0 Å². The van der Waals surface area contributed by atoms with Crippen LogP contribution >= 0.6 is 0 Å². The van der Waals surface area contributed by atoms with Crippen molar-refractivity contribution in [3.63, 3.8) is 0 Å². The van der Waals surface area contributed by atoms with Gasteiger partial charge in [0.25, 0.3) is 0 Å². The molecular weight excluding hydrogens is 264 g/mol. The summed E-state index contributed by atoms with van der Waals surface area (Å²) in [7, 11) is 0. The predicted molar refractivity (Wildman–Crippen MR) is 72.4 cm³/mol. The van der Waals surface area contributed by atoms with Crippen molar-refractivity contribution in [2.45, 2.75) is 38.6 Å². The summed E-state index contributed by atoms with van der Waals surface area (Å²) in [6.45, 7) is 7.77. The molecule has 0 amide bonds. The smallest absolute Gasteiger partial charge is 0.159 e. The maximum Gasteiger partial charge on any atom is 0.159 e. The summed E-state index contributed by atoms with van der Waals surface area (Å²) in [5, 5.41) is 10.2. The van der Waals surface area contributed by atoms with Crippen LogP contribution in [0.1, 0.15) is 32.4 Å². The predicted octanol–water partition coefficient (Wildman–Crippen LogP) is 2.50. The van der Waals surface area contributed by atoms with Gasteiger partial charge in [0.1, 0.15) is 0 Å². The lowest BCUT2D eigenvalue weighted by atomic mass is 10.0. The Balaban J connectivity index is 2.03. The number of hydrogen-bond donors (Lipinski definition) is 1. The molecule has 1 aliphatic rings. The normalized spacial score (nSPS) is 24.6. The number of hydrogen-bond acceptors (Lipinski definition) is 3. The highest BCUT2D eigenvalue weighted by atomic mass is 19.2. The van der Waals surface area contributed by atoms with Gasteiger partial charge in [0.2, 0.25) is 0 Å². The number of aliphatic hydroxyl groups excluding tert-OH is 1. The minimum Gasteiger partial charge on any atom is -0.387 e. The number of halogens is 2. The number of nitrogens with zero attached hydrogens (tertiary/aromatic N) is 1. The van der Waals surface area contributed by atoms with Gasteiger partial charge in [-0.2, -0.15) is 0 Å². The Kier molecular flexibility index (Phi) is 4.42. The van der Waals surface area contributed by atoms with E-state index >= 15 is 0 Å². The van der Waals surface area contributed by atoms with Crippen LogP contribution in [0.3, 0.4) is 0 Å². The SMILES string of the molecule is C[C@H]1CN(C[C@@H](O)c2ccc(F)c(F)c2)CC(C)(C)O1. The maximum absolute atomic E-state index is 13.2. The molecule has 1 aromatic carbocycles. The quantitative estimate of drug-likeness (QED) is 0.926. The molecule has 0 saturated carbocycles. The summed E-state index contributed by atoms with van der Waals surface area (Å²) in [5.74, 6) is -1.83. The highest BCUT2D eigenvalue weighted by Gasteiger charge is 2.32. The van der Waals surface area contributed by atoms with Crippen molar-refractivity contribution in [1.29, 1.82) is 0 Å². The van der Waals surface area contributed by atoms with Crippen molar-refractivity contribution >= 4 is 0 Å². The Labute approximate surface area is 118 Å². The van der Waals surface area contributed by atoms with Crippen molar-refractivity contribution in [1.82, 2.24) is 4.90 Å². The van der Waals surface area contributed by atoms with Crippen molar-refractivity contribution in [3.05, 3.63) is 35.4 Å². The molecule has 0 aromatic heterocycles. The van der Waals surface area contributed by atoms with Crippen LogP contribution in [-0.2, 0) is 4.74 Å². The first-order chi connectivity index (χ1) is 9.27. The minimum absolute atomic E-state index is 0.0795.